The fourth-order valence-corrected chi connectivity index (χ4v) is 1.38. The van der Waals surface area contributed by atoms with E-state index in [9.17, 15) is 0 Å². The van der Waals surface area contributed by atoms with Crippen LogP contribution in [0.2, 0.25) is 0 Å². The SMILES string of the molecule is CC.Cc1ccc(C)c(N(C)C(C)C)c1. The summed E-state index contributed by atoms with van der Waals surface area (Å²) in [5.74, 6) is 0. The van der Waals surface area contributed by atoms with Crippen LogP contribution in [0.5, 0.6) is 0 Å². The molecule has 0 amide bonds. The van der Waals surface area contributed by atoms with Crippen LogP contribution >= 0.6 is 0 Å². The molecule has 0 fully saturated rings. The molecule has 1 heteroatoms. The first kappa shape index (κ1) is 14.0. The maximum absolute atomic E-state index is 2.31. The van der Waals surface area contributed by atoms with Crippen molar-refractivity contribution in [3.63, 3.8) is 0 Å². The summed E-state index contributed by atoms with van der Waals surface area (Å²) >= 11 is 0. The first-order valence-electron chi connectivity index (χ1n) is 5.82. The van der Waals surface area contributed by atoms with Crippen LogP contribution in [0.1, 0.15) is 38.8 Å². The summed E-state index contributed by atoms with van der Waals surface area (Å²) in [5, 5.41) is 0. The molecule has 0 aliphatic rings. The van der Waals surface area contributed by atoms with Gasteiger partial charge in [-0.1, -0.05) is 26.0 Å². The minimum atomic E-state index is 0.556. The van der Waals surface area contributed by atoms with Crippen molar-refractivity contribution < 1.29 is 0 Å². The van der Waals surface area contributed by atoms with Gasteiger partial charge in [0.2, 0.25) is 0 Å². The molecule has 0 spiro atoms. The number of hydrogen-bond donors (Lipinski definition) is 0. The largest absolute Gasteiger partial charge is 0.372 e. The van der Waals surface area contributed by atoms with Crippen LogP contribution < -0.4 is 4.90 Å². The standard InChI is InChI=1S/C12H19N.C2H6/c1-9(2)13(5)12-8-10(3)6-7-11(12)4;1-2/h6-9H,1-5H3;1-2H3. The van der Waals surface area contributed by atoms with Crippen LogP contribution in [0, 0.1) is 13.8 Å². The third-order valence-electron chi connectivity index (χ3n) is 2.52. The van der Waals surface area contributed by atoms with Gasteiger partial charge in [0.05, 0.1) is 0 Å². The van der Waals surface area contributed by atoms with Crippen molar-refractivity contribution in [3.05, 3.63) is 29.3 Å². The van der Waals surface area contributed by atoms with E-state index in [1.807, 2.05) is 13.8 Å². The second-order valence-corrected chi connectivity index (χ2v) is 3.99. The van der Waals surface area contributed by atoms with E-state index in [0.29, 0.717) is 6.04 Å². The minimum absolute atomic E-state index is 0.556. The Morgan fingerprint density at radius 3 is 2.07 bits per heavy atom. The third-order valence-corrected chi connectivity index (χ3v) is 2.52. The smallest absolute Gasteiger partial charge is 0.0398 e. The molecule has 1 rings (SSSR count). The molecule has 15 heavy (non-hydrogen) atoms. The molecule has 1 aromatic carbocycles. The summed E-state index contributed by atoms with van der Waals surface area (Å²) in [5.41, 5.74) is 4.02. The van der Waals surface area contributed by atoms with Crippen molar-refractivity contribution in [2.75, 3.05) is 11.9 Å². The normalized spacial score (nSPS) is 9.60. The second-order valence-electron chi connectivity index (χ2n) is 3.99. The molecule has 0 bridgehead atoms. The summed E-state index contributed by atoms with van der Waals surface area (Å²) in [7, 11) is 2.15. The van der Waals surface area contributed by atoms with Crippen LogP contribution in [-0.4, -0.2) is 13.1 Å². The van der Waals surface area contributed by atoms with Crippen molar-refractivity contribution >= 4 is 5.69 Å². The van der Waals surface area contributed by atoms with Gasteiger partial charge in [0.1, 0.15) is 0 Å². The molecule has 0 aliphatic carbocycles. The Bertz CT molecular complexity index is 289. The van der Waals surface area contributed by atoms with Gasteiger partial charge in [0, 0.05) is 18.8 Å². The minimum Gasteiger partial charge on any atom is -0.372 e. The van der Waals surface area contributed by atoms with Crippen LogP contribution in [0.4, 0.5) is 5.69 Å². The first-order chi connectivity index (χ1) is 7.02. The number of rotatable bonds is 2. The molecule has 1 aromatic rings. The highest BCUT2D eigenvalue weighted by atomic mass is 15.1. The Morgan fingerprint density at radius 1 is 1.07 bits per heavy atom. The van der Waals surface area contributed by atoms with Crippen molar-refractivity contribution in [1.82, 2.24) is 0 Å². The van der Waals surface area contributed by atoms with E-state index in [1.54, 1.807) is 0 Å². The van der Waals surface area contributed by atoms with Crippen molar-refractivity contribution in [2.24, 2.45) is 0 Å². The van der Waals surface area contributed by atoms with Crippen LogP contribution in [-0.2, 0) is 0 Å². The third kappa shape index (κ3) is 3.94. The molecule has 0 radical (unpaired) electrons. The molecule has 0 N–H and O–H groups in total. The summed E-state index contributed by atoms with van der Waals surface area (Å²) < 4.78 is 0. The zero-order valence-corrected chi connectivity index (χ0v) is 11.3. The Morgan fingerprint density at radius 2 is 1.60 bits per heavy atom. The lowest BCUT2D eigenvalue weighted by atomic mass is 10.1. The van der Waals surface area contributed by atoms with Gasteiger partial charge < -0.3 is 4.90 Å². The molecular weight excluding hydrogens is 182 g/mol. The van der Waals surface area contributed by atoms with Gasteiger partial charge in [-0.2, -0.15) is 0 Å². The van der Waals surface area contributed by atoms with E-state index < -0.39 is 0 Å². The molecule has 1 nitrogen and oxygen atoms in total. The molecule has 0 saturated heterocycles. The average Bonchev–Trinajstić information content (AvgIpc) is 2.23. The number of benzene rings is 1. The number of aryl methyl sites for hydroxylation is 2. The maximum atomic E-state index is 2.31. The van der Waals surface area contributed by atoms with E-state index >= 15 is 0 Å². The van der Waals surface area contributed by atoms with Crippen LogP contribution in [0.15, 0.2) is 18.2 Å². The molecule has 0 unspecified atom stereocenters. The van der Waals surface area contributed by atoms with Crippen molar-refractivity contribution in [1.29, 1.82) is 0 Å². The summed E-state index contributed by atoms with van der Waals surface area (Å²) in [6, 6.07) is 7.15. The Kier molecular flexibility index (Phi) is 6.07. The molecule has 0 saturated carbocycles. The lowest BCUT2D eigenvalue weighted by Crippen LogP contribution is -2.26. The highest BCUT2D eigenvalue weighted by Gasteiger charge is 2.07. The molecule has 0 atom stereocenters. The monoisotopic (exact) mass is 207 g/mol. The lowest BCUT2D eigenvalue weighted by molar-refractivity contribution is 0.752. The molecule has 0 heterocycles. The Labute approximate surface area is 95.1 Å². The highest BCUT2D eigenvalue weighted by Crippen LogP contribution is 2.21. The predicted octanol–water partition coefficient (Wildman–Crippen LogP) is 4.17. The van der Waals surface area contributed by atoms with E-state index in [1.165, 1.54) is 16.8 Å². The van der Waals surface area contributed by atoms with Gasteiger partial charge in [0.15, 0.2) is 0 Å². The zero-order valence-electron chi connectivity index (χ0n) is 11.3. The van der Waals surface area contributed by atoms with E-state index in [4.69, 9.17) is 0 Å². The lowest BCUT2D eigenvalue weighted by Gasteiger charge is -2.25. The van der Waals surface area contributed by atoms with E-state index in [0.717, 1.165) is 0 Å². The van der Waals surface area contributed by atoms with Gasteiger partial charge in [-0.05, 0) is 44.9 Å². The van der Waals surface area contributed by atoms with Gasteiger partial charge in [-0.3, -0.25) is 0 Å². The number of anilines is 1. The summed E-state index contributed by atoms with van der Waals surface area (Å²) in [4.78, 5) is 2.31. The van der Waals surface area contributed by atoms with Gasteiger partial charge in [-0.15, -0.1) is 0 Å². The summed E-state index contributed by atoms with van der Waals surface area (Å²) in [6.07, 6.45) is 0. The Hall–Kier alpha value is -0.980. The van der Waals surface area contributed by atoms with Crippen LogP contribution in [0.25, 0.3) is 0 Å². The number of hydrogen-bond acceptors (Lipinski definition) is 1. The fraction of sp³-hybridized carbons (Fsp3) is 0.571. The molecule has 0 aliphatic heterocycles. The topological polar surface area (TPSA) is 3.24 Å². The van der Waals surface area contributed by atoms with Gasteiger partial charge >= 0.3 is 0 Å². The maximum Gasteiger partial charge on any atom is 0.0398 e. The molecule has 86 valence electrons. The predicted molar refractivity (Wildman–Crippen MR) is 70.8 cm³/mol. The molecular formula is C14H25N. The fourth-order valence-electron chi connectivity index (χ4n) is 1.38. The van der Waals surface area contributed by atoms with Crippen LogP contribution in [0.3, 0.4) is 0 Å². The Balaban J connectivity index is 0.000000921. The molecule has 0 aromatic heterocycles. The van der Waals surface area contributed by atoms with E-state index in [2.05, 4.69) is 57.8 Å². The van der Waals surface area contributed by atoms with Crippen molar-refractivity contribution in [3.8, 4) is 0 Å². The summed E-state index contributed by atoms with van der Waals surface area (Å²) in [6.45, 7) is 12.7. The first-order valence-corrected chi connectivity index (χ1v) is 5.82. The number of nitrogens with zero attached hydrogens (tertiary/aromatic N) is 1. The van der Waals surface area contributed by atoms with Gasteiger partial charge in [-0.25, -0.2) is 0 Å². The zero-order chi connectivity index (χ0) is 12.0. The highest BCUT2D eigenvalue weighted by molar-refractivity contribution is 5.54. The quantitative estimate of drug-likeness (QED) is 0.703. The van der Waals surface area contributed by atoms with Crippen molar-refractivity contribution in [2.45, 2.75) is 47.6 Å². The van der Waals surface area contributed by atoms with E-state index in [-0.39, 0.29) is 0 Å². The van der Waals surface area contributed by atoms with Gasteiger partial charge in [0.25, 0.3) is 0 Å². The average molecular weight is 207 g/mol. The second kappa shape index (κ2) is 6.49.